The first-order valence-corrected chi connectivity index (χ1v) is 8.49. The van der Waals surface area contributed by atoms with Crippen LogP contribution in [0.15, 0.2) is 24.3 Å². The molecule has 24 heavy (non-hydrogen) atoms. The number of carbonyl (C=O) groups is 2. The summed E-state index contributed by atoms with van der Waals surface area (Å²) >= 11 is 0. The maximum atomic E-state index is 13.6. The molecule has 0 aliphatic carbocycles. The number of likely N-dealkylation sites (tertiary alicyclic amines) is 1. The largest absolute Gasteiger partial charge is 0.356 e. The molecule has 1 aromatic carbocycles. The van der Waals surface area contributed by atoms with Crippen molar-refractivity contribution in [1.82, 2.24) is 9.80 Å². The Balaban J connectivity index is 1.88. The average Bonchev–Trinajstić information content (AvgIpc) is 2.86. The van der Waals surface area contributed by atoms with Crippen molar-refractivity contribution in [3.63, 3.8) is 0 Å². The first-order chi connectivity index (χ1) is 11.6. The Kier molecular flexibility index (Phi) is 5.14. The molecular weight excluding hydrogens is 311 g/mol. The van der Waals surface area contributed by atoms with Crippen molar-refractivity contribution in [3.8, 4) is 0 Å². The van der Waals surface area contributed by atoms with Crippen molar-refractivity contribution >= 4 is 11.8 Å². The third kappa shape index (κ3) is 3.43. The molecule has 2 aliphatic heterocycles. The highest BCUT2D eigenvalue weighted by molar-refractivity contribution is 5.86. The molecule has 0 spiro atoms. The summed E-state index contributed by atoms with van der Waals surface area (Å²) in [4.78, 5) is 28.4. The van der Waals surface area contributed by atoms with E-state index < -0.39 is 12.1 Å². The van der Waals surface area contributed by atoms with Crippen molar-refractivity contribution in [2.24, 2.45) is 0 Å². The van der Waals surface area contributed by atoms with E-state index in [1.54, 1.807) is 19.2 Å². The summed E-state index contributed by atoms with van der Waals surface area (Å²) in [6, 6.07) is 5.43. The summed E-state index contributed by atoms with van der Waals surface area (Å²) in [6.07, 6.45) is 3.44. The summed E-state index contributed by atoms with van der Waals surface area (Å²) in [5, 5.41) is 0. The number of carbonyl (C=O) groups excluding carboxylic acids is 2. The van der Waals surface area contributed by atoms with E-state index in [9.17, 15) is 14.0 Å². The molecule has 2 saturated heterocycles. The number of amides is 2. The minimum atomic E-state index is -0.785. The second-order valence-corrected chi connectivity index (χ2v) is 6.48. The van der Waals surface area contributed by atoms with Crippen molar-refractivity contribution < 1.29 is 18.7 Å². The van der Waals surface area contributed by atoms with Crippen LogP contribution < -0.4 is 0 Å². The summed E-state index contributed by atoms with van der Waals surface area (Å²) < 4.78 is 19.3. The van der Waals surface area contributed by atoms with Gasteiger partial charge in [-0.25, -0.2) is 4.39 Å². The van der Waals surface area contributed by atoms with E-state index in [0.717, 1.165) is 25.7 Å². The lowest BCUT2D eigenvalue weighted by atomic mass is 9.97. The number of rotatable bonds is 2. The van der Waals surface area contributed by atoms with E-state index in [2.05, 4.69) is 0 Å². The van der Waals surface area contributed by atoms with Crippen molar-refractivity contribution in [2.45, 2.75) is 37.8 Å². The van der Waals surface area contributed by atoms with E-state index >= 15 is 0 Å². The lowest BCUT2D eigenvalue weighted by molar-refractivity contribution is -0.167. The van der Waals surface area contributed by atoms with Crippen LogP contribution in [-0.4, -0.2) is 54.5 Å². The smallest absolute Gasteiger partial charge is 0.254 e. The Bertz CT molecular complexity index is 614. The second-order valence-electron chi connectivity index (χ2n) is 6.48. The topological polar surface area (TPSA) is 49.9 Å². The number of halogens is 1. The van der Waals surface area contributed by atoms with Gasteiger partial charge in [0.25, 0.3) is 5.91 Å². The zero-order chi connectivity index (χ0) is 17.1. The van der Waals surface area contributed by atoms with Crippen LogP contribution in [0.5, 0.6) is 0 Å². The number of hydrogen-bond acceptors (Lipinski definition) is 3. The molecule has 2 heterocycles. The zero-order valence-corrected chi connectivity index (χ0v) is 13.9. The number of benzene rings is 1. The Hall–Kier alpha value is -1.95. The molecule has 0 unspecified atom stereocenters. The fourth-order valence-corrected chi connectivity index (χ4v) is 3.48. The van der Waals surface area contributed by atoms with Crippen LogP contribution in [0.3, 0.4) is 0 Å². The molecular formula is C18H23FN2O3. The maximum absolute atomic E-state index is 13.6. The normalized spacial score (nSPS) is 25.5. The minimum absolute atomic E-state index is 0.106. The summed E-state index contributed by atoms with van der Waals surface area (Å²) in [7, 11) is 1.64. The summed E-state index contributed by atoms with van der Waals surface area (Å²) in [5.41, 5.74) is 0.582. The van der Waals surface area contributed by atoms with Gasteiger partial charge in [0.1, 0.15) is 12.4 Å². The number of likely N-dealkylation sites (N-methyl/N-ethyl adjacent to an activating group) is 1. The molecule has 0 radical (unpaired) electrons. The van der Waals surface area contributed by atoms with Crippen LogP contribution in [0.2, 0.25) is 0 Å². The molecule has 1 aromatic rings. The van der Waals surface area contributed by atoms with Gasteiger partial charge >= 0.3 is 0 Å². The molecule has 6 heteroatoms. The molecule has 0 aromatic heterocycles. The molecule has 130 valence electrons. The third-order valence-corrected chi connectivity index (χ3v) is 4.84. The molecule has 0 N–H and O–H groups in total. The van der Waals surface area contributed by atoms with E-state index in [0.29, 0.717) is 18.7 Å². The quantitative estimate of drug-likeness (QED) is 0.832. The van der Waals surface area contributed by atoms with Crippen LogP contribution in [0.25, 0.3) is 0 Å². The van der Waals surface area contributed by atoms with Gasteiger partial charge in [-0.05, 0) is 30.5 Å². The van der Waals surface area contributed by atoms with Crippen LogP contribution in [0.1, 0.15) is 37.3 Å². The lowest BCUT2D eigenvalue weighted by Gasteiger charge is -2.40. The second kappa shape index (κ2) is 7.30. The molecule has 0 bridgehead atoms. The highest BCUT2D eigenvalue weighted by atomic mass is 19.1. The Morgan fingerprint density at radius 1 is 1.21 bits per heavy atom. The van der Waals surface area contributed by atoms with Crippen LogP contribution in [0.4, 0.5) is 4.39 Å². The molecule has 2 fully saturated rings. The monoisotopic (exact) mass is 334 g/mol. The molecule has 5 nitrogen and oxygen atoms in total. The average molecular weight is 334 g/mol. The van der Waals surface area contributed by atoms with Crippen molar-refractivity contribution in [2.75, 3.05) is 26.7 Å². The fourth-order valence-electron chi connectivity index (χ4n) is 3.48. The molecule has 3 rings (SSSR count). The highest BCUT2D eigenvalue weighted by Crippen LogP contribution is 2.31. The van der Waals surface area contributed by atoms with E-state index in [-0.39, 0.29) is 24.2 Å². The van der Waals surface area contributed by atoms with E-state index in [4.69, 9.17) is 4.74 Å². The van der Waals surface area contributed by atoms with Crippen LogP contribution >= 0.6 is 0 Å². The number of ether oxygens (including phenoxy) is 1. The fraction of sp³-hybridized carbons (Fsp3) is 0.556. The van der Waals surface area contributed by atoms with Crippen molar-refractivity contribution in [3.05, 3.63) is 35.6 Å². The van der Waals surface area contributed by atoms with E-state index in [1.165, 1.54) is 17.0 Å². The Morgan fingerprint density at radius 3 is 2.58 bits per heavy atom. The lowest BCUT2D eigenvalue weighted by Crippen LogP contribution is -2.54. The molecule has 2 aliphatic rings. The van der Waals surface area contributed by atoms with Gasteiger partial charge in [0, 0.05) is 20.1 Å². The van der Waals surface area contributed by atoms with Gasteiger partial charge in [-0.2, -0.15) is 0 Å². The molecule has 2 atom stereocenters. The van der Waals surface area contributed by atoms with Gasteiger partial charge in [-0.3, -0.25) is 9.59 Å². The summed E-state index contributed by atoms with van der Waals surface area (Å²) in [5.74, 6) is -0.699. The van der Waals surface area contributed by atoms with Crippen molar-refractivity contribution in [1.29, 1.82) is 0 Å². The molecule has 0 saturated carbocycles. The van der Waals surface area contributed by atoms with Gasteiger partial charge in [-0.15, -0.1) is 0 Å². The van der Waals surface area contributed by atoms with Gasteiger partial charge < -0.3 is 14.5 Å². The van der Waals surface area contributed by atoms with Gasteiger partial charge in [0.05, 0.1) is 6.04 Å². The van der Waals surface area contributed by atoms with Gasteiger partial charge in [-0.1, -0.05) is 25.0 Å². The van der Waals surface area contributed by atoms with Crippen LogP contribution in [0, 0.1) is 5.82 Å². The standard InChI is InChI=1S/C18H23FN2O3/c1-20-15(22)12-24-17(16(20)13-7-6-8-14(19)11-13)18(23)21-9-4-2-3-5-10-21/h6-8,11,16-17H,2-5,9-10,12H2,1H3/t16-,17-/m1/s1. The van der Waals surface area contributed by atoms with Gasteiger partial charge in [0.15, 0.2) is 6.10 Å². The predicted molar refractivity (Wildman–Crippen MR) is 86.7 cm³/mol. The third-order valence-electron chi connectivity index (χ3n) is 4.84. The van der Waals surface area contributed by atoms with Crippen LogP contribution in [-0.2, 0) is 14.3 Å². The minimum Gasteiger partial charge on any atom is -0.356 e. The highest BCUT2D eigenvalue weighted by Gasteiger charge is 2.41. The molecule has 2 amide bonds. The predicted octanol–water partition coefficient (Wildman–Crippen LogP) is 2.13. The number of morpholine rings is 1. The SMILES string of the molecule is CN1C(=O)CO[C@@H](C(=O)N2CCCCCC2)[C@H]1c1cccc(F)c1. The Morgan fingerprint density at radius 2 is 1.92 bits per heavy atom. The summed E-state index contributed by atoms with van der Waals surface area (Å²) in [6.45, 7) is 1.31. The number of nitrogens with zero attached hydrogens (tertiary/aromatic N) is 2. The first-order valence-electron chi connectivity index (χ1n) is 8.49. The number of hydrogen-bond donors (Lipinski definition) is 0. The van der Waals surface area contributed by atoms with E-state index in [1.807, 2.05) is 4.90 Å². The Labute approximate surface area is 141 Å². The zero-order valence-electron chi connectivity index (χ0n) is 13.9. The van der Waals surface area contributed by atoms with Gasteiger partial charge in [0.2, 0.25) is 5.91 Å². The first kappa shape index (κ1) is 16.9. The maximum Gasteiger partial charge on any atom is 0.254 e.